The fraction of sp³-hybridized carbons (Fsp3) is 0.0952. The molecule has 0 aliphatic carbocycles. The third-order valence-corrected chi connectivity index (χ3v) is 4.25. The molecule has 140 valence electrons. The normalized spacial score (nSPS) is 10.9. The van der Waals surface area contributed by atoms with Crippen LogP contribution in [0.15, 0.2) is 73.1 Å². The molecule has 0 radical (unpaired) electrons. The Hall–Kier alpha value is -3.58. The van der Waals surface area contributed by atoms with E-state index in [2.05, 4.69) is 15.4 Å². The maximum Gasteiger partial charge on any atom is 0.310 e. The summed E-state index contributed by atoms with van der Waals surface area (Å²) >= 11 is 0. The molecule has 2 aromatic carbocycles. The Labute approximate surface area is 160 Å². The van der Waals surface area contributed by atoms with Gasteiger partial charge in [-0.3, -0.25) is 14.6 Å². The van der Waals surface area contributed by atoms with Crippen LogP contribution >= 0.6 is 0 Å². The standard InChI is InChI=1S/C21H17FN4O2/c22-17-8-6-15(7-9-17)13-26-19-12-23-11-10-18(19)24-20(26)21(27)25-28-14-16-4-2-1-3-5-16/h1-12H,13-14H2,(H,25,27). The summed E-state index contributed by atoms with van der Waals surface area (Å²) < 4.78 is 14.9. The topological polar surface area (TPSA) is 69.0 Å². The monoisotopic (exact) mass is 376 g/mol. The number of benzene rings is 2. The van der Waals surface area contributed by atoms with Gasteiger partial charge in [-0.05, 0) is 29.3 Å². The first-order valence-electron chi connectivity index (χ1n) is 8.71. The summed E-state index contributed by atoms with van der Waals surface area (Å²) in [7, 11) is 0. The number of carbonyl (C=O) groups excluding carboxylic acids is 1. The molecule has 7 heteroatoms. The van der Waals surface area contributed by atoms with Gasteiger partial charge in [-0.1, -0.05) is 42.5 Å². The highest BCUT2D eigenvalue weighted by Gasteiger charge is 2.18. The number of amides is 1. The number of nitrogens with zero attached hydrogens (tertiary/aromatic N) is 3. The Morgan fingerprint density at radius 3 is 2.61 bits per heavy atom. The van der Waals surface area contributed by atoms with Crippen molar-refractivity contribution >= 4 is 16.9 Å². The smallest absolute Gasteiger partial charge is 0.310 e. The molecule has 0 aliphatic heterocycles. The average Bonchev–Trinajstić information content (AvgIpc) is 3.09. The number of hydroxylamine groups is 1. The van der Waals surface area contributed by atoms with E-state index in [-0.39, 0.29) is 18.2 Å². The third-order valence-electron chi connectivity index (χ3n) is 4.25. The number of pyridine rings is 1. The van der Waals surface area contributed by atoms with Crippen LogP contribution in [0.4, 0.5) is 4.39 Å². The van der Waals surface area contributed by atoms with E-state index in [9.17, 15) is 9.18 Å². The second kappa shape index (κ2) is 7.98. The highest BCUT2D eigenvalue weighted by molar-refractivity contribution is 5.94. The van der Waals surface area contributed by atoms with Crippen molar-refractivity contribution in [3.63, 3.8) is 0 Å². The first-order valence-corrected chi connectivity index (χ1v) is 8.71. The van der Waals surface area contributed by atoms with Crippen molar-refractivity contribution in [2.45, 2.75) is 13.2 Å². The van der Waals surface area contributed by atoms with Crippen molar-refractivity contribution in [1.29, 1.82) is 0 Å². The van der Waals surface area contributed by atoms with E-state index < -0.39 is 5.91 Å². The Kier molecular flexibility index (Phi) is 5.07. The van der Waals surface area contributed by atoms with Gasteiger partial charge < -0.3 is 4.57 Å². The second-order valence-electron chi connectivity index (χ2n) is 6.22. The van der Waals surface area contributed by atoms with Crippen LogP contribution in [0.1, 0.15) is 21.7 Å². The Bertz CT molecular complexity index is 1090. The molecule has 0 aliphatic rings. The van der Waals surface area contributed by atoms with Gasteiger partial charge in [0.25, 0.3) is 0 Å². The van der Waals surface area contributed by atoms with Gasteiger partial charge in [0.05, 0.1) is 23.8 Å². The van der Waals surface area contributed by atoms with Gasteiger partial charge in [-0.2, -0.15) is 0 Å². The SMILES string of the molecule is O=C(NOCc1ccccc1)c1nc2ccncc2n1Cc1ccc(F)cc1. The maximum atomic E-state index is 13.2. The molecular weight excluding hydrogens is 359 g/mol. The van der Waals surface area contributed by atoms with Crippen LogP contribution in [-0.4, -0.2) is 20.4 Å². The first-order chi connectivity index (χ1) is 13.7. The highest BCUT2D eigenvalue weighted by atomic mass is 19.1. The molecule has 1 amide bonds. The van der Waals surface area contributed by atoms with Gasteiger partial charge in [0, 0.05) is 12.7 Å². The number of fused-ring (bicyclic) bond motifs is 1. The molecule has 1 N–H and O–H groups in total. The lowest BCUT2D eigenvalue weighted by atomic mass is 10.2. The summed E-state index contributed by atoms with van der Waals surface area (Å²) in [5.41, 5.74) is 5.57. The van der Waals surface area contributed by atoms with E-state index in [4.69, 9.17) is 4.84 Å². The van der Waals surface area contributed by atoms with Crippen molar-refractivity contribution in [2.24, 2.45) is 0 Å². The van der Waals surface area contributed by atoms with Crippen LogP contribution in [0.3, 0.4) is 0 Å². The van der Waals surface area contributed by atoms with Gasteiger partial charge in [-0.15, -0.1) is 0 Å². The number of rotatable bonds is 6. The number of hydrogen-bond acceptors (Lipinski definition) is 4. The van der Waals surface area contributed by atoms with Gasteiger partial charge in [0.2, 0.25) is 5.82 Å². The number of imidazole rings is 1. The molecule has 0 spiro atoms. The molecule has 0 saturated carbocycles. The molecule has 4 rings (SSSR count). The molecule has 28 heavy (non-hydrogen) atoms. The lowest BCUT2D eigenvalue weighted by molar-refractivity contribution is 0.0222. The van der Waals surface area contributed by atoms with Crippen LogP contribution in [0.2, 0.25) is 0 Å². The minimum Gasteiger partial charge on any atom is -0.314 e. The summed E-state index contributed by atoms with van der Waals surface area (Å²) in [6.45, 7) is 0.593. The zero-order valence-electron chi connectivity index (χ0n) is 14.9. The Morgan fingerprint density at radius 1 is 1.04 bits per heavy atom. The van der Waals surface area contributed by atoms with Crippen LogP contribution in [0.5, 0.6) is 0 Å². The van der Waals surface area contributed by atoms with Crippen molar-refractivity contribution in [2.75, 3.05) is 0 Å². The average molecular weight is 376 g/mol. The number of halogens is 1. The van der Waals surface area contributed by atoms with E-state index in [0.717, 1.165) is 11.1 Å². The van der Waals surface area contributed by atoms with E-state index >= 15 is 0 Å². The van der Waals surface area contributed by atoms with E-state index in [1.54, 1.807) is 35.2 Å². The molecule has 0 atom stereocenters. The number of aromatic nitrogens is 3. The largest absolute Gasteiger partial charge is 0.314 e. The molecule has 0 fully saturated rings. The zero-order valence-corrected chi connectivity index (χ0v) is 14.9. The van der Waals surface area contributed by atoms with Crippen molar-refractivity contribution in [1.82, 2.24) is 20.0 Å². The van der Waals surface area contributed by atoms with Gasteiger partial charge in [-0.25, -0.2) is 14.9 Å². The van der Waals surface area contributed by atoms with Gasteiger partial charge >= 0.3 is 5.91 Å². The second-order valence-corrected chi connectivity index (χ2v) is 6.22. The molecule has 6 nitrogen and oxygen atoms in total. The van der Waals surface area contributed by atoms with Crippen molar-refractivity contribution < 1.29 is 14.0 Å². The van der Waals surface area contributed by atoms with Crippen molar-refractivity contribution in [3.8, 4) is 0 Å². The van der Waals surface area contributed by atoms with Crippen LogP contribution in [0, 0.1) is 5.82 Å². The van der Waals surface area contributed by atoms with E-state index in [1.807, 2.05) is 30.3 Å². The predicted molar refractivity (Wildman–Crippen MR) is 102 cm³/mol. The summed E-state index contributed by atoms with van der Waals surface area (Å²) in [5.74, 6) is -0.581. The molecule has 0 bridgehead atoms. The third kappa shape index (κ3) is 3.89. The molecular formula is C21H17FN4O2. The molecule has 2 heterocycles. The highest BCUT2D eigenvalue weighted by Crippen LogP contribution is 2.17. The fourth-order valence-electron chi connectivity index (χ4n) is 2.88. The van der Waals surface area contributed by atoms with Crippen LogP contribution < -0.4 is 5.48 Å². The summed E-state index contributed by atoms with van der Waals surface area (Å²) in [5, 5.41) is 0. The van der Waals surface area contributed by atoms with E-state index in [0.29, 0.717) is 17.6 Å². The maximum absolute atomic E-state index is 13.2. The Balaban J connectivity index is 1.56. The number of hydrogen-bond donors (Lipinski definition) is 1. The predicted octanol–water partition coefficient (Wildman–Crippen LogP) is 3.48. The van der Waals surface area contributed by atoms with Gasteiger partial charge in [0.15, 0.2) is 0 Å². The molecule has 4 aromatic rings. The molecule has 0 saturated heterocycles. The summed E-state index contributed by atoms with van der Waals surface area (Å²) in [6.07, 6.45) is 3.26. The zero-order chi connectivity index (χ0) is 19.3. The van der Waals surface area contributed by atoms with E-state index in [1.165, 1.54) is 12.1 Å². The fourth-order valence-corrected chi connectivity index (χ4v) is 2.88. The van der Waals surface area contributed by atoms with Crippen LogP contribution in [0.25, 0.3) is 11.0 Å². The Morgan fingerprint density at radius 2 is 1.82 bits per heavy atom. The molecule has 0 unspecified atom stereocenters. The van der Waals surface area contributed by atoms with Crippen LogP contribution in [-0.2, 0) is 18.0 Å². The lowest BCUT2D eigenvalue weighted by Crippen LogP contribution is -2.27. The molecule has 2 aromatic heterocycles. The summed E-state index contributed by atoms with van der Waals surface area (Å²) in [4.78, 5) is 26.5. The summed E-state index contributed by atoms with van der Waals surface area (Å²) in [6, 6.07) is 17.4. The minimum atomic E-state index is -0.464. The lowest BCUT2D eigenvalue weighted by Gasteiger charge is -2.10. The number of nitrogens with one attached hydrogen (secondary N) is 1. The minimum absolute atomic E-state index is 0.195. The van der Waals surface area contributed by atoms with Gasteiger partial charge in [0.1, 0.15) is 5.82 Å². The first kappa shape index (κ1) is 17.8. The van der Waals surface area contributed by atoms with Crippen molar-refractivity contribution in [3.05, 3.63) is 95.8 Å². The quantitative estimate of drug-likeness (QED) is 0.523. The number of carbonyl (C=O) groups is 1.